The Kier molecular flexibility index (Phi) is 5.41. The molecule has 0 bridgehead atoms. The fourth-order valence-electron chi connectivity index (χ4n) is 2.41. The summed E-state index contributed by atoms with van der Waals surface area (Å²) in [6, 6.07) is 12.1. The first-order chi connectivity index (χ1) is 12.4. The molecule has 0 saturated heterocycles. The Balaban J connectivity index is 1.69. The van der Waals surface area contributed by atoms with E-state index < -0.39 is 15.8 Å². The normalized spacial score (nSPS) is 11.7. The van der Waals surface area contributed by atoms with E-state index in [1.165, 1.54) is 30.3 Å². The molecule has 0 aliphatic rings. The van der Waals surface area contributed by atoms with E-state index in [4.69, 9.17) is 16.0 Å². The monoisotopic (exact) mass is 394 g/mol. The van der Waals surface area contributed by atoms with Gasteiger partial charge in [-0.05, 0) is 43.3 Å². The van der Waals surface area contributed by atoms with Crippen molar-refractivity contribution in [2.24, 2.45) is 0 Å². The Hall–Kier alpha value is -2.22. The highest BCUT2D eigenvalue weighted by molar-refractivity contribution is 7.89. The molecule has 26 heavy (non-hydrogen) atoms. The van der Waals surface area contributed by atoms with Crippen molar-refractivity contribution in [3.05, 3.63) is 70.8 Å². The maximum atomic E-state index is 13.8. The second-order valence-electron chi connectivity index (χ2n) is 5.60. The van der Waals surface area contributed by atoms with Gasteiger partial charge < -0.3 is 4.42 Å². The van der Waals surface area contributed by atoms with E-state index in [1.54, 1.807) is 25.1 Å². The van der Waals surface area contributed by atoms with Crippen LogP contribution in [0.2, 0.25) is 5.02 Å². The quantitative estimate of drug-likeness (QED) is 0.686. The number of halogens is 2. The molecule has 136 valence electrons. The number of hydrogen-bond acceptors (Lipinski definition) is 4. The van der Waals surface area contributed by atoms with Crippen LogP contribution in [0.5, 0.6) is 0 Å². The van der Waals surface area contributed by atoms with Gasteiger partial charge in [0.15, 0.2) is 0 Å². The molecule has 2 aromatic carbocycles. The van der Waals surface area contributed by atoms with Crippen molar-refractivity contribution in [1.82, 2.24) is 9.71 Å². The summed E-state index contributed by atoms with van der Waals surface area (Å²) in [7, 11) is -3.64. The van der Waals surface area contributed by atoms with Gasteiger partial charge in [-0.2, -0.15) is 0 Å². The van der Waals surface area contributed by atoms with Crippen molar-refractivity contribution in [2.75, 3.05) is 6.54 Å². The Labute approximate surface area is 155 Å². The topological polar surface area (TPSA) is 72.2 Å². The summed E-state index contributed by atoms with van der Waals surface area (Å²) in [5, 5.41) is 0.461. The van der Waals surface area contributed by atoms with Gasteiger partial charge in [-0.3, -0.25) is 0 Å². The number of benzene rings is 2. The van der Waals surface area contributed by atoms with E-state index >= 15 is 0 Å². The number of hydrogen-bond donors (Lipinski definition) is 1. The standard InChI is InChI=1S/C18H16ClFN2O3S/c1-12-17(22-18(25-12)15-4-2-3-5-16(15)20)10-11-21-26(23,24)14-8-6-13(19)7-9-14/h2-9,21H,10-11H2,1H3. The molecule has 0 spiro atoms. The second-order valence-corrected chi connectivity index (χ2v) is 7.81. The summed E-state index contributed by atoms with van der Waals surface area (Å²) >= 11 is 5.77. The van der Waals surface area contributed by atoms with Crippen LogP contribution in [0, 0.1) is 12.7 Å². The first-order valence-electron chi connectivity index (χ1n) is 7.83. The molecule has 1 N–H and O–H groups in total. The fourth-order valence-corrected chi connectivity index (χ4v) is 3.57. The highest BCUT2D eigenvalue weighted by Gasteiger charge is 2.17. The number of rotatable bonds is 6. The molecule has 0 atom stereocenters. The van der Waals surface area contributed by atoms with E-state index in [0.717, 1.165) is 0 Å². The third kappa shape index (κ3) is 4.12. The van der Waals surface area contributed by atoms with Gasteiger partial charge in [0.25, 0.3) is 0 Å². The summed E-state index contributed by atoms with van der Waals surface area (Å²) in [5.74, 6) is 0.272. The van der Waals surface area contributed by atoms with Crippen molar-refractivity contribution in [2.45, 2.75) is 18.2 Å². The zero-order valence-electron chi connectivity index (χ0n) is 13.9. The lowest BCUT2D eigenvalue weighted by Crippen LogP contribution is -2.26. The largest absolute Gasteiger partial charge is 0.441 e. The van der Waals surface area contributed by atoms with Gasteiger partial charge in [0.1, 0.15) is 11.6 Å². The maximum absolute atomic E-state index is 13.8. The summed E-state index contributed by atoms with van der Waals surface area (Å²) in [4.78, 5) is 4.42. The molecule has 3 rings (SSSR count). The van der Waals surface area contributed by atoms with Crippen LogP contribution < -0.4 is 4.72 Å². The van der Waals surface area contributed by atoms with Crippen molar-refractivity contribution >= 4 is 21.6 Å². The van der Waals surface area contributed by atoms with Crippen LogP contribution in [0.4, 0.5) is 4.39 Å². The van der Waals surface area contributed by atoms with E-state index in [1.807, 2.05) is 0 Å². The third-order valence-corrected chi connectivity index (χ3v) is 5.50. The van der Waals surface area contributed by atoms with Gasteiger partial charge in [0, 0.05) is 18.0 Å². The second kappa shape index (κ2) is 7.57. The van der Waals surface area contributed by atoms with E-state index in [-0.39, 0.29) is 22.9 Å². The van der Waals surface area contributed by atoms with Crippen LogP contribution in [0.25, 0.3) is 11.5 Å². The van der Waals surface area contributed by atoms with Gasteiger partial charge in [-0.1, -0.05) is 23.7 Å². The molecular formula is C18H16ClFN2O3S. The van der Waals surface area contributed by atoms with Crippen LogP contribution in [0.15, 0.2) is 57.8 Å². The molecule has 8 heteroatoms. The molecule has 5 nitrogen and oxygen atoms in total. The van der Waals surface area contributed by atoms with Gasteiger partial charge in [0.05, 0.1) is 16.2 Å². The van der Waals surface area contributed by atoms with Crippen LogP contribution in [0.3, 0.4) is 0 Å². The van der Waals surface area contributed by atoms with Gasteiger partial charge in [-0.15, -0.1) is 0 Å². The van der Waals surface area contributed by atoms with Gasteiger partial charge >= 0.3 is 0 Å². The first-order valence-corrected chi connectivity index (χ1v) is 9.69. The summed E-state index contributed by atoms with van der Waals surface area (Å²) < 4.78 is 46.3. The van der Waals surface area contributed by atoms with Gasteiger partial charge in [0.2, 0.25) is 15.9 Å². The molecule has 0 radical (unpaired) electrons. The fraction of sp³-hybridized carbons (Fsp3) is 0.167. The van der Waals surface area contributed by atoms with Crippen LogP contribution in [-0.4, -0.2) is 19.9 Å². The predicted molar refractivity (Wildman–Crippen MR) is 97.0 cm³/mol. The number of nitrogens with zero attached hydrogens (tertiary/aromatic N) is 1. The molecule has 1 aromatic heterocycles. The lowest BCUT2D eigenvalue weighted by Gasteiger charge is -2.06. The number of oxazole rings is 1. The molecule has 3 aromatic rings. The summed E-state index contributed by atoms with van der Waals surface area (Å²) in [5.41, 5.74) is 0.839. The molecule has 0 fully saturated rings. The molecule has 0 unspecified atom stereocenters. The minimum absolute atomic E-state index is 0.130. The van der Waals surface area contributed by atoms with E-state index in [9.17, 15) is 12.8 Å². The zero-order chi connectivity index (χ0) is 18.7. The SMILES string of the molecule is Cc1oc(-c2ccccc2F)nc1CCNS(=O)(=O)c1ccc(Cl)cc1. The molecule has 0 amide bonds. The Morgan fingerprint density at radius 1 is 1.15 bits per heavy atom. The van der Waals surface area contributed by atoms with Crippen molar-refractivity contribution < 1.29 is 17.2 Å². The van der Waals surface area contributed by atoms with Crippen molar-refractivity contribution in [3.8, 4) is 11.5 Å². The smallest absolute Gasteiger partial charge is 0.240 e. The minimum atomic E-state index is -3.64. The molecule has 1 heterocycles. The molecule has 0 saturated carbocycles. The average molecular weight is 395 g/mol. The van der Waals surface area contributed by atoms with Crippen LogP contribution >= 0.6 is 11.6 Å². The van der Waals surface area contributed by atoms with Crippen LogP contribution in [0.1, 0.15) is 11.5 Å². The molecule has 0 aliphatic carbocycles. The maximum Gasteiger partial charge on any atom is 0.240 e. The van der Waals surface area contributed by atoms with E-state index in [2.05, 4.69) is 9.71 Å². The average Bonchev–Trinajstić information content (AvgIpc) is 2.96. The zero-order valence-corrected chi connectivity index (χ0v) is 15.4. The minimum Gasteiger partial charge on any atom is -0.441 e. The van der Waals surface area contributed by atoms with E-state index in [0.29, 0.717) is 22.9 Å². The lowest BCUT2D eigenvalue weighted by molar-refractivity contribution is 0.531. The van der Waals surface area contributed by atoms with Crippen LogP contribution in [-0.2, 0) is 16.4 Å². The lowest BCUT2D eigenvalue weighted by atomic mass is 10.2. The number of nitrogens with one attached hydrogen (secondary N) is 1. The highest BCUT2D eigenvalue weighted by atomic mass is 35.5. The predicted octanol–water partition coefficient (Wildman–Crippen LogP) is 3.96. The Morgan fingerprint density at radius 3 is 2.54 bits per heavy atom. The highest BCUT2D eigenvalue weighted by Crippen LogP contribution is 2.24. The summed E-state index contributed by atoms with van der Waals surface area (Å²) in [6.07, 6.45) is 0.316. The number of aromatic nitrogens is 1. The summed E-state index contributed by atoms with van der Waals surface area (Å²) in [6.45, 7) is 1.84. The first kappa shape index (κ1) is 18.6. The van der Waals surface area contributed by atoms with Crippen molar-refractivity contribution in [3.63, 3.8) is 0 Å². The Bertz CT molecular complexity index is 1020. The number of sulfonamides is 1. The Morgan fingerprint density at radius 2 is 1.85 bits per heavy atom. The molecule has 0 aliphatic heterocycles. The third-order valence-electron chi connectivity index (χ3n) is 3.77. The van der Waals surface area contributed by atoms with Gasteiger partial charge in [-0.25, -0.2) is 22.5 Å². The molecular weight excluding hydrogens is 379 g/mol. The van der Waals surface area contributed by atoms with Crippen molar-refractivity contribution in [1.29, 1.82) is 0 Å². The number of aryl methyl sites for hydroxylation is 1.